The van der Waals surface area contributed by atoms with Gasteiger partial charge in [-0.3, -0.25) is 9.74 Å². The van der Waals surface area contributed by atoms with Gasteiger partial charge in [0.15, 0.2) is 0 Å². The van der Waals surface area contributed by atoms with Crippen molar-refractivity contribution in [3.63, 3.8) is 0 Å². The fourth-order valence-electron chi connectivity index (χ4n) is 0.856. The fourth-order valence-corrected chi connectivity index (χ4v) is 0.856. The van der Waals surface area contributed by atoms with E-state index in [1.807, 2.05) is 28.2 Å². The molecule has 0 rings (SSSR count). The third-order valence-corrected chi connectivity index (χ3v) is 1.98. The van der Waals surface area contributed by atoms with Crippen LogP contribution in [0, 0.1) is 0 Å². The van der Waals surface area contributed by atoms with Crippen LogP contribution in [-0.2, 0) is 4.84 Å². The molecule has 0 aliphatic rings. The van der Waals surface area contributed by atoms with Gasteiger partial charge in [-0.15, -0.1) is 0 Å². The van der Waals surface area contributed by atoms with Gasteiger partial charge in [0.05, 0.1) is 0 Å². The molecular formula is C8H20N2O. The van der Waals surface area contributed by atoms with E-state index in [0.29, 0.717) is 0 Å². The molecule has 0 amide bonds. The van der Waals surface area contributed by atoms with Crippen molar-refractivity contribution in [3.8, 4) is 0 Å². The van der Waals surface area contributed by atoms with Gasteiger partial charge in [-0.2, -0.15) is 5.06 Å². The Kier molecular flexibility index (Phi) is 4.00. The molecule has 0 aliphatic heterocycles. The topological polar surface area (TPSA) is 15.7 Å². The molecule has 1 atom stereocenters. The summed E-state index contributed by atoms with van der Waals surface area (Å²) in [6, 6.07) is 0. The molecule has 0 heterocycles. The molecule has 0 fully saturated rings. The predicted molar refractivity (Wildman–Crippen MR) is 47.2 cm³/mol. The maximum atomic E-state index is 5.61. The van der Waals surface area contributed by atoms with Crippen molar-refractivity contribution < 1.29 is 4.84 Å². The Balaban J connectivity index is 4.10. The Morgan fingerprint density at radius 2 is 1.64 bits per heavy atom. The lowest BCUT2D eigenvalue weighted by Crippen LogP contribution is -2.46. The van der Waals surface area contributed by atoms with Gasteiger partial charge in [0.2, 0.25) is 0 Å². The third-order valence-electron chi connectivity index (χ3n) is 1.98. The van der Waals surface area contributed by atoms with Crippen LogP contribution in [0.5, 0.6) is 0 Å². The van der Waals surface area contributed by atoms with E-state index in [-0.39, 0.29) is 5.72 Å². The van der Waals surface area contributed by atoms with Crippen molar-refractivity contribution in [3.05, 3.63) is 0 Å². The van der Waals surface area contributed by atoms with E-state index in [2.05, 4.69) is 18.7 Å². The molecule has 0 radical (unpaired) electrons. The van der Waals surface area contributed by atoms with Crippen molar-refractivity contribution in [1.82, 2.24) is 9.96 Å². The van der Waals surface area contributed by atoms with Gasteiger partial charge in [-0.05, 0) is 27.4 Å². The summed E-state index contributed by atoms with van der Waals surface area (Å²) in [4.78, 5) is 7.68. The molecule has 0 bridgehead atoms. The van der Waals surface area contributed by atoms with Crippen LogP contribution in [0.4, 0.5) is 0 Å². The highest BCUT2D eigenvalue weighted by molar-refractivity contribution is 4.67. The largest absolute Gasteiger partial charge is 0.281 e. The zero-order valence-electron chi connectivity index (χ0n) is 8.51. The second-order valence-electron chi connectivity index (χ2n) is 3.33. The molecule has 0 aromatic carbocycles. The van der Waals surface area contributed by atoms with E-state index in [1.165, 1.54) is 0 Å². The molecule has 1 unspecified atom stereocenters. The van der Waals surface area contributed by atoms with Gasteiger partial charge < -0.3 is 0 Å². The minimum Gasteiger partial charge on any atom is -0.281 e. The van der Waals surface area contributed by atoms with Gasteiger partial charge in [0, 0.05) is 14.1 Å². The molecule has 11 heavy (non-hydrogen) atoms. The van der Waals surface area contributed by atoms with E-state index in [0.717, 1.165) is 6.42 Å². The molecule has 0 saturated carbocycles. The first-order valence-corrected chi connectivity index (χ1v) is 3.96. The highest BCUT2D eigenvalue weighted by atomic mass is 16.7. The monoisotopic (exact) mass is 160 g/mol. The van der Waals surface area contributed by atoms with E-state index >= 15 is 0 Å². The first-order valence-electron chi connectivity index (χ1n) is 3.96. The standard InChI is InChI=1S/C8H20N2O/c1-7-8(2,9(3)4)11-10(5)6/h7H2,1-6H3. The van der Waals surface area contributed by atoms with Crippen LogP contribution in [-0.4, -0.2) is 43.9 Å². The zero-order valence-corrected chi connectivity index (χ0v) is 8.51. The van der Waals surface area contributed by atoms with Crippen LogP contribution in [0.3, 0.4) is 0 Å². The zero-order chi connectivity index (χ0) is 9.07. The lowest BCUT2D eigenvalue weighted by Gasteiger charge is -2.36. The van der Waals surface area contributed by atoms with Crippen molar-refractivity contribution in [2.75, 3.05) is 28.2 Å². The van der Waals surface area contributed by atoms with Crippen molar-refractivity contribution in [2.24, 2.45) is 0 Å². The van der Waals surface area contributed by atoms with Gasteiger partial charge in [0.25, 0.3) is 0 Å². The Labute approximate surface area is 69.9 Å². The van der Waals surface area contributed by atoms with E-state index < -0.39 is 0 Å². The molecule has 0 aromatic rings. The summed E-state index contributed by atoms with van der Waals surface area (Å²) in [7, 11) is 7.84. The molecular weight excluding hydrogens is 140 g/mol. The summed E-state index contributed by atoms with van der Waals surface area (Å²) in [6.45, 7) is 4.19. The maximum absolute atomic E-state index is 5.61. The summed E-state index contributed by atoms with van der Waals surface area (Å²) in [5, 5.41) is 1.74. The van der Waals surface area contributed by atoms with E-state index in [4.69, 9.17) is 4.84 Å². The summed E-state index contributed by atoms with van der Waals surface area (Å²) in [5.41, 5.74) is -0.177. The Morgan fingerprint density at radius 3 is 1.73 bits per heavy atom. The molecule has 0 aromatic heterocycles. The highest BCUT2D eigenvalue weighted by Gasteiger charge is 2.26. The molecule has 68 valence electrons. The second kappa shape index (κ2) is 4.04. The average Bonchev–Trinajstić information content (AvgIpc) is 1.86. The van der Waals surface area contributed by atoms with Crippen molar-refractivity contribution in [1.29, 1.82) is 0 Å². The number of hydroxylamine groups is 2. The van der Waals surface area contributed by atoms with Gasteiger partial charge in [-0.1, -0.05) is 6.92 Å². The molecule has 0 saturated heterocycles. The van der Waals surface area contributed by atoms with E-state index in [9.17, 15) is 0 Å². The summed E-state index contributed by atoms with van der Waals surface area (Å²) >= 11 is 0. The number of rotatable bonds is 4. The minimum absolute atomic E-state index is 0.177. The Hall–Kier alpha value is -0.120. The van der Waals surface area contributed by atoms with Crippen LogP contribution in [0.2, 0.25) is 0 Å². The van der Waals surface area contributed by atoms with E-state index in [1.54, 1.807) is 5.06 Å². The quantitative estimate of drug-likeness (QED) is 0.453. The molecule has 0 spiro atoms. The average molecular weight is 160 g/mol. The SMILES string of the molecule is CCC(C)(ON(C)C)N(C)C. The molecule has 3 nitrogen and oxygen atoms in total. The lowest BCUT2D eigenvalue weighted by molar-refractivity contribution is -0.264. The second-order valence-corrected chi connectivity index (χ2v) is 3.33. The van der Waals surface area contributed by atoms with Crippen LogP contribution in [0.25, 0.3) is 0 Å². The van der Waals surface area contributed by atoms with Crippen LogP contribution < -0.4 is 0 Å². The predicted octanol–water partition coefficient (Wildman–Crippen LogP) is 1.17. The normalized spacial score (nSPS) is 17.5. The van der Waals surface area contributed by atoms with Crippen LogP contribution >= 0.6 is 0 Å². The van der Waals surface area contributed by atoms with Crippen molar-refractivity contribution >= 4 is 0 Å². The Bertz CT molecular complexity index is 115. The first-order chi connectivity index (χ1) is 4.92. The lowest BCUT2D eigenvalue weighted by atomic mass is 10.2. The summed E-state index contributed by atoms with van der Waals surface area (Å²) in [6.07, 6.45) is 0.970. The molecule has 3 heteroatoms. The first kappa shape index (κ1) is 10.9. The Morgan fingerprint density at radius 1 is 1.18 bits per heavy atom. The van der Waals surface area contributed by atoms with Crippen LogP contribution in [0.15, 0.2) is 0 Å². The summed E-state index contributed by atoms with van der Waals surface area (Å²) < 4.78 is 0. The summed E-state index contributed by atoms with van der Waals surface area (Å²) in [5.74, 6) is 0. The number of hydrogen-bond donors (Lipinski definition) is 0. The highest BCUT2D eigenvalue weighted by Crippen LogP contribution is 2.17. The van der Waals surface area contributed by atoms with Crippen LogP contribution in [0.1, 0.15) is 20.3 Å². The van der Waals surface area contributed by atoms with Crippen molar-refractivity contribution in [2.45, 2.75) is 26.0 Å². The minimum atomic E-state index is -0.177. The smallest absolute Gasteiger partial charge is 0.139 e. The van der Waals surface area contributed by atoms with Gasteiger partial charge in [0.1, 0.15) is 5.72 Å². The maximum Gasteiger partial charge on any atom is 0.139 e. The third kappa shape index (κ3) is 3.18. The number of nitrogens with zero attached hydrogens (tertiary/aromatic N) is 2. The molecule has 0 aliphatic carbocycles. The van der Waals surface area contributed by atoms with Gasteiger partial charge in [-0.25, -0.2) is 0 Å². The molecule has 0 N–H and O–H groups in total. The number of hydrogen-bond acceptors (Lipinski definition) is 3. The van der Waals surface area contributed by atoms with Gasteiger partial charge >= 0.3 is 0 Å². The fraction of sp³-hybridized carbons (Fsp3) is 1.00.